The van der Waals surface area contributed by atoms with Gasteiger partial charge in [0.2, 0.25) is 5.91 Å². The maximum atomic E-state index is 14.3. The van der Waals surface area contributed by atoms with Gasteiger partial charge in [0.25, 0.3) is 5.91 Å². The molecule has 0 radical (unpaired) electrons. The molecule has 0 saturated carbocycles. The van der Waals surface area contributed by atoms with Gasteiger partial charge in [-0.05, 0) is 37.1 Å². The normalized spacial score (nSPS) is 30.8. The number of benzene rings is 1. The molecule has 10 heteroatoms. The maximum Gasteiger partial charge on any atom is 0.311 e. The van der Waals surface area contributed by atoms with Crippen LogP contribution in [-0.4, -0.2) is 75.0 Å². The average molecular weight is 584 g/mol. The van der Waals surface area contributed by atoms with Crippen molar-refractivity contribution in [1.29, 1.82) is 0 Å². The molecule has 188 valence electrons. The van der Waals surface area contributed by atoms with Crippen LogP contribution >= 0.6 is 39.3 Å². The third kappa shape index (κ3) is 4.45. The van der Waals surface area contributed by atoms with Crippen LogP contribution in [0.25, 0.3) is 0 Å². The quantitative estimate of drug-likeness (QED) is 0.258. The van der Waals surface area contributed by atoms with Crippen molar-refractivity contribution in [3.8, 4) is 0 Å². The molecule has 1 aromatic carbocycles. The molecule has 1 spiro atoms. The Morgan fingerprint density at radius 3 is 2.66 bits per heavy atom. The summed E-state index contributed by atoms with van der Waals surface area (Å²) in [5.74, 6) is -2.26. The number of nitrogens with zero attached hydrogens (tertiary/aromatic N) is 2. The van der Waals surface area contributed by atoms with E-state index in [1.54, 1.807) is 51.9 Å². The summed E-state index contributed by atoms with van der Waals surface area (Å²) in [6, 6.07) is 6.14. The Labute approximate surface area is 222 Å². The number of fused-ring (bicyclic) bond motifs is 1. The van der Waals surface area contributed by atoms with Crippen molar-refractivity contribution in [3.63, 3.8) is 0 Å². The second-order valence-electron chi connectivity index (χ2n) is 8.90. The monoisotopic (exact) mass is 582 g/mol. The van der Waals surface area contributed by atoms with E-state index in [2.05, 4.69) is 29.1 Å². The molecule has 3 heterocycles. The molecule has 1 aromatic rings. The van der Waals surface area contributed by atoms with Gasteiger partial charge in [-0.2, -0.15) is 0 Å². The highest BCUT2D eigenvalue weighted by Crippen LogP contribution is 2.68. The molecule has 1 N–H and O–H groups in total. The minimum atomic E-state index is -0.797. The van der Waals surface area contributed by atoms with Gasteiger partial charge < -0.3 is 19.6 Å². The molecule has 3 fully saturated rings. The first kappa shape index (κ1) is 26.3. The molecule has 0 aromatic heterocycles. The van der Waals surface area contributed by atoms with Crippen molar-refractivity contribution < 1.29 is 24.2 Å². The van der Waals surface area contributed by atoms with Crippen molar-refractivity contribution >= 4 is 62.8 Å². The minimum Gasteiger partial charge on any atom is -0.461 e. The summed E-state index contributed by atoms with van der Waals surface area (Å²) >= 11 is 11.3. The van der Waals surface area contributed by atoms with Gasteiger partial charge in [-0.15, -0.1) is 18.3 Å². The van der Waals surface area contributed by atoms with Gasteiger partial charge in [-0.1, -0.05) is 46.3 Å². The van der Waals surface area contributed by atoms with E-state index < -0.39 is 28.6 Å². The lowest BCUT2D eigenvalue weighted by molar-refractivity contribution is -0.153. The summed E-state index contributed by atoms with van der Waals surface area (Å²) in [7, 11) is 0. The third-order valence-corrected chi connectivity index (χ3v) is 10.4. The van der Waals surface area contributed by atoms with Crippen molar-refractivity contribution in [2.24, 2.45) is 11.8 Å². The van der Waals surface area contributed by atoms with Crippen molar-refractivity contribution in [2.75, 3.05) is 31.2 Å². The molecule has 2 bridgehead atoms. The van der Waals surface area contributed by atoms with E-state index >= 15 is 0 Å². The highest BCUT2D eigenvalue weighted by molar-refractivity contribution is 9.09. The number of ether oxygens (including phenoxy) is 1. The Morgan fingerprint density at radius 1 is 1.31 bits per heavy atom. The number of alkyl halides is 1. The number of rotatable bonds is 10. The average Bonchev–Trinajstić information content (AvgIpc) is 3.43. The number of halogens is 2. The number of anilines is 1. The van der Waals surface area contributed by atoms with Crippen molar-refractivity contribution in [2.45, 2.75) is 33.7 Å². The zero-order chi connectivity index (χ0) is 25.3. The van der Waals surface area contributed by atoms with Gasteiger partial charge in [0, 0.05) is 40.5 Å². The van der Waals surface area contributed by atoms with Crippen molar-refractivity contribution in [3.05, 3.63) is 54.6 Å². The molecule has 3 aliphatic heterocycles. The predicted molar refractivity (Wildman–Crippen MR) is 141 cm³/mol. The molecular weight excluding hydrogens is 556 g/mol. The number of aliphatic hydroxyl groups is 1. The first-order valence-corrected chi connectivity index (χ1v) is 13.7. The van der Waals surface area contributed by atoms with Crippen molar-refractivity contribution in [1.82, 2.24) is 4.90 Å². The van der Waals surface area contributed by atoms with E-state index in [1.807, 2.05) is 0 Å². The van der Waals surface area contributed by atoms with E-state index in [-0.39, 0.29) is 48.2 Å². The number of aliphatic hydroxyl groups excluding tert-OH is 1. The standard InChI is InChI=1S/C25H28BrClN2O5S/c1-3-10-28(16-8-6-15(27)7-9-16)23(32)21-25-14-17(26)20(35-25)18(24(33)34-13-4-2)19(25)22(31)29(21)11-5-12-30/h3-4,6-9,17-21,30H,1-2,5,10-14H2/t17?,18-,19-,20-,21?,25?/m0/s1. The van der Waals surface area contributed by atoms with Gasteiger partial charge in [-0.3, -0.25) is 14.4 Å². The fraction of sp³-hybridized carbons (Fsp3) is 0.480. The van der Waals surface area contributed by atoms with Crippen LogP contribution in [0.5, 0.6) is 0 Å². The van der Waals surface area contributed by atoms with E-state index in [9.17, 15) is 19.5 Å². The molecule has 35 heavy (non-hydrogen) atoms. The lowest BCUT2D eigenvalue weighted by atomic mass is 9.71. The number of amides is 2. The first-order chi connectivity index (χ1) is 16.8. The fourth-order valence-electron chi connectivity index (χ4n) is 5.62. The highest BCUT2D eigenvalue weighted by atomic mass is 79.9. The maximum absolute atomic E-state index is 14.3. The summed E-state index contributed by atoms with van der Waals surface area (Å²) in [6.45, 7) is 7.82. The number of esters is 1. The van der Waals surface area contributed by atoms with Crippen LogP contribution in [0, 0.1) is 11.8 Å². The zero-order valence-corrected chi connectivity index (χ0v) is 22.3. The summed E-state index contributed by atoms with van der Waals surface area (Å²) in [5, 5.41) is 9.86. The molecule has 7 nitrogen and oxygen atoms in total. The summed E-state index contributed by atoms with van der Waals surface area (Å²) < 4.78 is 4.60. The van der Waals surface area contributed by atoms with Gasteiger partial charge >= 0.3 is 5.97 Å². The SMILES string of the molecule is C=CCOC(=O)[C@H]1[C@H]2C(=O)N(CCCO)C(C(=O)N(CC=C)c3ccc(Cl)cc3)C23CC(Br)[C@@H]1S3. The van der Waals surface area contributed by atoms with E-state index in [0.717, 1.165) is 0 Å². The molecule has 3 unspecified atom stereocenters. The van der Waals surface area contributed by atoms with Crippen LogP contribution in [0.1, 0.15) is 12.8 Å². The fourth-order valence-corrected chi connectivity index (χ4v) is 9.34. The lowest BCUT2D eigenvalue weighted by Gasteiger charge is -2.37. The van der Waals surface area contributed by atoms with Crippen LogP contribution in [0.4, 0.5) is 5.69 Å². The number of likely N-dealkylation sites (tertiary alicyclic amines) is 1. The van der Waals surface area contributed by atoms with E-state index in [4.69, 9.17) is 16.3 Å². The van der Waals surface area contributed by atoms with Crippen LogP contribution in [0.15, 0.2) is 49.6 Å². The Bertz CT molecular complexity index is 1020. The predicted octanol–water partition coefficient (Wildman–Crippen LogP) is 3.44. The second-order valence-corrected chi connectivity index (χ2v) is 12.1. The number of hydrogen-bond donors (Lipinski definition) is 1. The lowest BCUT2D eigenvalue weighted by Crippen LogP contribution is -2.55. The number of hydrogen-bond acceptors (Lipinski definition) is 6. The van der Waals surface area contributed by atoms with Crippen LogP contribution < -0.4 is 4.90 Å². The Morgan fingerprint density at radius 2 is 2.03 bits per heavy atom. The molecule has 6 atom stereocenters. The number of carbonyl (C=O) groups is 3. The third-order valence-electron chi connectivity index (χ3n) is 6.91. The molecule has 3 saturated heterocycles. The largest absolute Gasteiger partial charge is 0.461 e. The first-order valence-electron chi connectivity index (χ1n) is 11.5. The van der Waals surface area contributed by atoms with E-state index in [0.29, 0.717) is 23.6 Å². The van der Waals surface area contributed by atoms with Gasteiger partial charge in [0.15, 0.2) is 0 Å². The number of thioether (sulfide) groups is 1. The summed E-state index contributed by atoms with van der Waals surface area (Å²) in [6.07, 6.45) is 4.03. The Kier molecular flexibility index (Phi) is 8.00. The highest BCUT2D eigenvalue weighted by Gasteiger charge is 2.76. The topological polar surface area (TPSA) is 87.1 Å². The summed E-state index contributed by atoms with van der Waals surface area (Å²) in [5.41, 5.74) is 0.642. The Balaban J connectivity index is 1.76. The smallest absolute Gasteiger partial charge is 0.311 e. The summed E-state index contributed by atoms with van der Waals surface area (Å²) in [4.78, 5) is 44.3. The van der Waals surface area contributed by atoms with Gasteiger partial charge in [0.1, 0.15) is 12.6 Å². The second kappa shape index (κ2) is 10.7. The number of carbonyl (C=O) groups excluding carboxylic acids is 3. The van der Waals surface area contributed by atoms with Gasteiger partial charge in [0.05, 0.1) is 16.6 Å². The minimum absolute atomic E-state index is 0.0469. The molecular formula is C25H28BrClN2O5S. The van der Waals surface area contributed by atoms with Crippen LogP contribution in [0.2, 0.25) is 5.02 Å². The molecule has 4 rings (SSSR count). The van der Waals surface area contributed by atoms with Crippen LogP contribution in [-0.2, 0) is 19.1 Å². The Hall–Kier alpha value is -1.81. The van der Waals surface area contributed by atoms with E-state index in [1.165, 1.54) is 6.08 Å². The molecule has 3 aliphatic rings. The van der Waals surface area contributed by atoms with Gasteiger partial charge in [-0.25, -0.2) is 0 Å². The molecule has 0 aliphatic carbocycles. The van der Waals surface area contributed by atoms with Crippen LogP contribution in [0.3, 0.4) is 0 Å². The zero-order valence-electron chi connectivity index (χ0n) is 19.1. The molecule has 2 amide bonds.